The van der Waals surface area contributed by atoms with Gasteiger partial charge in [0, 0.05) is 30.6 Å². The Hall–Kier alpha value is -2.61. The molecule has 0 amide bonds. The molecule has 0 radical (unpaired) electrons. The van der Waals surface area contributed by atoms with Crippen molar-refractivity contribution >= 4 is 11.6 Å². The van der Waals surface area contributed by atoms with Gasteiger partial charge in [-0.05, 0) is 35.9 Å². The van der Waals surface area contributed by atoms with Crippen LogP contribution >= 0.6 is 11.6 Å². The minimum atomic E-state index is -4.47. The molecule has 1 aliphatic rings. The Morgan fingerprint density at radius 3 is 2.48 bits per heavy atom. The highest BCUT2D eigenvalue weighted by Gasteiger charge is 2.34. The van der Waals surface area contributed by atoms with Crippen LogP contribution in [0.1, 0.15) is 42.0 Å². The quantitative estimate of drug-likeness (QED) is 0.517. The monoisotopic (exact) mass is 422 g/mol. The molecule has 2 aromatic heterocycles. The largest absolute Gasteiger partial charge is 0.472 e. The van der Waals surface area contributed by atoms with Crippen molar-refractivity contribution in [1.82, 2.24) is 19.5 Å². The molecule has 1 aliphatic carbocycles. The maximum atomic E-state index is 12.9. The molecule has 1 fully saturated rings. The number of rotatable bonds is 5. The van der Waals surface area contributed by atoms with Crippen molar-refractivity contribution in [2.45, 2.75) is 38.0 Å². The molecule has 0 aliphatic heterocycles. The fraction of sp³-hybridized carbons (Fsp3) is 0.350. The van der Waals surface area contributed by atoms with E-state index in [0.717, 1.165) is 30.2 Å². The molecule has 0 bridgehead atoms. The summed E-state index contributed by atoms with van der Waals surface area (Å²) in [4.78, 5) is 12.0. The number of aromatic nitrogens is 4. The zero-order chi connectivity index (χ0) is 20.6. The lowest BCUT2D eigenvalue weighted by Crippen LogP contribution is -2.12. The van der Waals surface area contributed by atoms with Gasteiger partial charge in [-0.1, -0.05) is 30.7 Å². The first-order valence-corrected chi connectivity index (χ1v) is 9.54. The van der Waals surface area contributed by atoms with Gasteiger partial charge in [-0.15, -0.1) is 0 Å². The van der Waals surface area contributed by atoms with Crippen molar-refractivity contribution in [2.24, 2.45) is 7.05 Å². The zero-order valence-electron chi connectivity index (χ0n) is 15.6. The normalized spacial score (nSPS) is 14.7. The molecule has 9 heteroatoms. The molecule has 1 saturated carbocycles. The fourth-order valence-electron chi connectivity index (χ4n) is 3.24. The van der Waals surface area contributed by atoms with Crippen molar-refractivity contribution in [1.29, 1.82) is 0 Å². The van der Waals surface area contributed by atoms with Crippen LogP contribution in [0.25, 0.3) is 11.4 Å². The molecule has 0 atom stereocenters. The minimum Gasteiger partial charge on any atom is -0.472 e. The molecule has 3 aromatic rings. The molecular formula is C20H18ClF3N4O. The van der Waals surface area contributed by atoms with E-state index in [-0.39, 0.29) is 17.7 Å². The number of hydrogen-bond acceptors (Lipinski definition) is 4. The van der Waals surface area contributed by atoms with E-state index in [1.54, 1.807) is 30.5 Å². The Morgan fingerprint density at radius 2 is 1.90 bits per heavy atom. The van der Waals surface area contributed by atoms with Gasteiger partial charge in [0.05, 0.1) is 0 Å². The summed E-state index contributed by atoms with van der Waals surface area (Å²) in [5.41, 5.74) is 1.50. The van der Waals surface area contributed by atoms with Crippen LogP contribution in [0.4, 0.5) is 13.2 Å². The van der Waals surface area contributed by atoms with Crippen LogP contribution < -0.4 is 4.74 Å². The summed E-state index contributed by atoms with van der Waals surface area (Å²) in [7, 11) is 1.54. The predicted molar refractivity (Wildman–Crippen MR) is 102 cm³/mol. The van der Waals surface area contributed by atoms with Gasteiger partial charge in [-0.3, -0.25) is 0 Å². The molecule has 5 nitrogen and oxygen atoms in total. The van der Waals surface area contributed by atoms with E-state index in [4.69, 9.17) is 16.3 Å². The Balaban J connectivity index is 1.49. The van der Waals surface area contributed by atoms with E-state index in [1.807, 2.05) is 0 Å². The highest BCUT2D eigenvalue weighted by atomic mass is 35.5. The molecule has 0 unspecified atom stereocenters. The average molecular weight is 423 g/mol. The van der Waals surface area contributed by atoms with Crippen LogP contribution in [0.3, 0.4) is 0 Å². The van der Waals surface area contributed by atoms with E-state index in [1.165, 1.54) is 18.0 Å². The van der Waals surface area contributed by atoms with Gasteiger partial charge in [0.1, 0.15) is 12.4 Å². The van der Waals surface area contributed by atoms with Crippen molar-refractivity contribution in [3.8, 4) is 17.3 Å². The average Bonchev–Trinajstić information content (AvgIpc) is 3.03. The van der Waals surface area contributed by atoms with E-state index >= 15 is 0 Å². The van der Waals surface area contributed by atoms with Gasteiger partial charge >= 0.3 is 6.18 Å². The Kier molecular flexibility index (Phi) is 5.21. The van der Waals surface area contributed by atoms with E-state index in [2.05, 4.69) is 15.0 Å². The smallest absolute Gasteiger partial charge is 0.434 e. The second-order valence-electron chi connectivity index (χ2n) is 7.07. The summed E-state index contributed by atoms with van der Waals surface area (Å²) in [6.45, 7) is 0.266. The zero-order valence-corrected chi connectivity index (χ0v) is 16.3. The van der Waals surface area contributed by atoms with Gasteiger partial charge in [-0.2, -0.15) is 18.2 Å². The lowest BCUT2D eigenvalue weighted by Gasteiger charge is -2.26. The molecule has 2 heterocycles. The summed E-state index contributed by atoms with van der Waals surface area (Å²) < 4.78 is 45.8. The van der Waals surface area contributed by atoms with Gasteiger partial charge in [0.15, 0.2) is 5.69 Å². The lowest BCUT2D eigenvalue weighted by molar-refractivity contribution is -0.140. The van der Waals surface area contributed by atoms with Crippen molar-refractivity contribution in [3.63, 3.8) is 0 Å². The van der Waals surface area contributed by atoms with Crippen LogP contribution in [-0.2, 0) is 19.8 Å². The minimum absolute atomic E-state index is 0.133. The van der Waals surface area contributed by atoms with Crippen LogP contribution in [0.2, 0.25) is 5.28 Å². The molecular weight excluding hydrogens is 405 g/mol. The number of hydrogen-bond donors (Lipinski definition) is 0. The van der Waals surface area contributed by atoms with E-state index in [9.17, 15) is 13.2 Å². The first kappa shape index (κ1) is 19.7. The maximum absolute atomic E-state index is 12.9. The van der Waals surface area contributed by atoms with Crippen LogP contribution in [-0.4, -0.2) is 19.5 Å². The summed E-state index contributed by atoms with van der Waals surface area (Å²) in [6, 6.07) is 7.04. The first-order chi connectivity index (χ1) is 13.8. The SMILES string of the molecule is Cn1cc(C(F)(F)F)nc1-c1ccc(COc2nc(Cl)ncc2C2CCC2)cc1. The third-order valence-electron chi connectivity index (χ3n) is 5.05. The number of nitrogens with zero attached hydrogens (tertiary/aromatic N) is 4. The standard InChI is InChI=1S/C20H18ClF3N4O/c1-28-10-16(20(22,23)24)26-17(28)14-7-5-12(6-8-14)11-29-18-15(13-3-2-4-13)9-25-19(21)27-18/h5-10,13H,2-4,11H2,1H3. The molecule has 152 valence electrons. The molecule has 0 spiro atoms. The van der Waals surface area contributed by atoms with Crippen molar-refractivity contribution in [3.05, 3.63) is 58.8 Å². The Labute approximate surface area is 170 Å². The van der Waals surface area contributed by atoms with Crippen LogP contribution in [0.15, 0.2) is 36.7 Å². The van der Waals surface area contributed by atoms with E-state index < -0.39 is 11.9 Å². The third kappa shape index (κ3) is 4.22. The summed E-state index contributed by atoms with van der Waals surface area (Å²) in [5.74, 6) is 1.13. The van der Waals surface area contributed by atoms with Crippen LogP contribution in [0.5, 0.6) is 5.88 Å². The second-order valence-corrected chi connectivity index (χ2v) is 7.41. The summed E-state index contributed by atoms with van der Waals surface area (Å²) in [5, 5.41) is 0.133. The highest BCUT2D eigenvalue weighted by molar-refractivity contribution is 6.28. The summed E-state index contributed by atoms with van der Waals surface area (Å²) in [6.07, 6.45) is 1.57. The number of alkyl halides is 3. The first-order valence-electron chi connectivity index (χ1n) is 9.16. The third-order valence-corrected chi connectivity index (χ3v) is 5.23. The van der Waals surface area contributed by atoms with Crippen LogP contribution in [0, 0.1) is 0 Å². The number of ether oxygens (including phenoxy) is 1. The predicted octanol–water partition coefficient (Wildman–Crippen LogP) is 5.40. The topological polar surface area (TPSA) is 52.8 Å². The Bertz CT molecular complexity index is 1010. The lowest BCUT2D eigenvalue weighted by atomic mass is 9.81. The molecule has 0 saturated heterocycles. The molecule has 0 N–H and O–H groups in total. The van der Waals surface area contributed by atoms with Gasteiger partial charge in [0.2, 0.25) is 11.2 Å². The van der Waals surface area contributed by atoms with Crippen molar-refractivity contribution < 1.29 is 17.9 Å². The Morgan fingerprint density at radius 1 is 1.17 bits per heavy atom. The molecule has 1 aromatic carbocycles. The van der Waals surface area contributed by atoms with Gasteiger partial charge < -0.3 is 9.30 Å². The summed E-state index contributed by atoms with van der Waals surface area (Å²) >= 11 is 5.91. The highest BCUT2D eigenvalue weighted by Crippen LogP contribution is 2.40. The second kappa shape index (κ2) is 7.67. The van der Waals surface area contributed by atoms with Gasteiger partial charge in [-0.25, -0.2) is 9.97 Å². The molecule has 29 heavy (non-hydrogen) atoms. The van der Waals surface area contributed by atoms with E-state index in [0.29, 0.717) is 17.4 Å². The van der Waals surface area contributed by atoms with Crippen molar-refractivity contribution in [2.75, 3.05) is 0 Å². The number of benzene rings is 1. The fourth-order valence-corrected chi connectivity index (χ4v) is 3.37. The van der Waals surface area contributed by atoms with Gasteiger partial charge in [0.25, 0.3) is 0 Å². The number of aryl methyl sites for hydroxylation is 1. The molecule has 4 rings (SSSR count). The number of halogens is 4. The number of imidazole rings is 1. The maximum Gasteiger partial charge on any atom is 0.434 e.